The van der Waals surface area contributed by atoms with Gasteiger partial charge in [0.1, 0.15) is 17.9 Å². The van der Waals surface area contributed by atoms with Crippen molar-refractivity contribution in [3.63, 3.8) is 0 Å². The first kappa shape index (κ1) is 17.4. The molecular weight excluding hydrogens is 376 g/mol. The van der Waals surface area contributed by atoms with Crippen molar-refractivity contribution in [2.45, 2.75) is 39.5 Å². The lowest BCUT2D eigenvalue weighted by Gasteiger charge is -2.37. The van der Waals surface area contributed by atoms with Gasteiger partial charge in [-0.2, -0.15) is 5.10 Å². The molecule has 7 heteroatoms. The van der Waals surface area contributed by atoms with Crippen molar-refractivity contribution in [2.24, 2.45) is 5.41 Å². The molecule has 0 amide bonds. The zero-order valence-corrected chi connectivity index (χ0v) is 16.6. The van der Waals surface area contributed by atoms with Crippen LogP contribution in [0.4, 0.5) is 0 Å². The predicted molar refractivity (Wildman–Crippen MR) is 104 cm³/mol. The Labute approximate surface area is 167 Å². The summed E-state index contributed by atoms with van der Waals surface area (Å²) in [5.41, 5.74) is 2.95. The van der Waals surface area contributed by atoms with Crippen LogP contribution in [0.1, 0.15) is 49.6 Å². The lowest BCUT2D eigenvalue weighted by Crippen LogP contribution is -2.33. The van der Waals surface area contributed by atoms with Gasteiger partial charge in [0.25, 0.3) is 0 Å². The second-order valence-electron chi connectivity index (χ2n) is 8.26. The molecule has 142 valence electrons. The number of carbonyl (C=O) groups is 1. The third-order valence-corrected chi connectivity index (χ3v) is 5.62. The summed E-state index contributed by atoms with van der Waals surface area (Å²) in [7, 11) is 0. The standard InChI is InChI=1S/C21H19ClN4O2/c1-11-24-19-18-16(12-4-6-13(22)7-5-12)17-14(27)8-21(2,3)9-15(17)28-20(18)23-10-26(19)25-11/h4-7,10,16H,8-9H2,1-3H3. The van der Waals surface area contributed by atoms with E-state index in [1.807, 2.05) is 31.2 Å². The van der Waals surface area contributed by atoms with Gasteiger partial charge in [-0.05, 0) is 30.0 Å². The maximum atomic E-state index is 13.2. The molecule has 0 spiro atoms. The van der Waals surface area contributed by atoms with E-state index in [0.717, 1.165) is 11.1 Å². The first-order valence-corrected chi connectivity index (χ1v) is 9.62. The van der Waals surface area contributed by atoms with Gasteiger partial charge in [0.2, 0.25) is 5.88 Å². The normalized spacial score (nSPS) is 20.7. The van der Waals surface area contributed by atoms with Crippen LogP contribution in [-0.2, 0) is 4.79 Å². The Morgan fingerprint density at radius 1 is 1.21 bits per heavy atom. The van der Waals surface area contributed by atoms with Crippen molar-refractivity contribution in [2.75, 3.05) is 0 Å². The third-order valence-electron chi connectivity index (χ3n) is 5.37. The fraction of sp³-hybridized carbons (Fsp3) is 0.333. The molecule has 1 aromatic carbocycles. The highest BCUT2D eigenvalue weighted by atomic mass is 35.5. The molecule has 0 N–H and O–H groups in total. The highest BCUT2D eigenvalue weighted by Gasteiger charge is 2.43. The summed E-state index contributed by atoms with van der Waals surface area (Å²) >= 11 is 6.11. The fourth-order valence-corrected chi connectivity index (χ4v) is 4.37. The molecule has 1 aliphatic heterocycles. The molecule has 28 heavy (non-hydrogen) atoms. The van der Waals surface area contributed by atoms with Crippen LogP contribution in [0.2, 0.25) is 5.02 Å². The highest BCUT2D eigenvalue weighted by Crippen LogP contribution is 2.50. The summed E-state index contributed by atoms with van der Waals surface area (Å²) in [5.74, 6) is 1.64. The summed E-state index contributed by atoms with van der Waals surface area (Å²) < 4.78 is 7.82. The largest absolute Gasteiger partial charge is 0.442 e. The number of hydrogen-bond acceptors (Lipinski definition) is 5. The van der Waals surface area contributed by atoms with Crippen molar-refractivity contribution in [3.05, 3.63) is 63.9 Å². The number of fused-ring (bicyclic) bond motifs is 3. The third kappa shape index (κ3) is 2.63. The minimum absolute atomic E-state index is 0.107. The molecule has 6 nitrogen and oxygen atoms in total. The SMILES string of the molecule is Cc1nc2c3c(ncn2n1)OC1=C(C(=O)CC(C)(C)C1)C3c1ccc(Cl)cc1. The molecule has 3 heterocycles. The Kier molecular flexibility index (Phi) is 3.65. The van der Waals surface area contributed by atoms with Gasteiger partial charge in [0.15, 0.2) is 11.4 Å². The minimum Gasteiger partial charge on any atom is -0.442 e. The lowest BCUT2D eigenvalue weighted by atomic mass is 9.70. The topological polar surface area (TPSA) is 69.4 Å². The van der Waals surface area contributed by atoms with Crippen molar-refractivity contribution < 1.29 is 9.53 Å². The van der Waals surface area contributed by atoms with Gasteiger partial charge >= 0.3 is 0 Å². The van der Waals surface area contributed by atoms with Crippen molar-refractivity contribution >= 4 is 23.0 Å². The monoisotopic (exact) mass is 394 g/mol. The molecule has 5 rings (SSSR count). The van der Waals surface area contributed by atoms with E-state index in [1.165, 1.54) is 0 Å². The Morgan fingerprint density at radius 2 is 1.96 bits per heavy atom. The van der Waals surface area contributed by atoms with Crippen LogP contribution in [-0.4, -0.2) is 25.4 Å². The first-order valence-electron chi connectivity index (χ1n) is 9.24. The van der Waals surface area contributed by atoms with Crippen molar-refractivity contribution in [1.82, 2.24) is 19.6 Å². The van der Waals surface area contributed by atoms with Crippen molar-refractivity contribution in [3.8, 4) is 5.88 Å². The quantitative estimate of drug-likeness (QED) is 0.617. The molecule has 2 aromatic heterocycles. The van der Waals surface area contributed by atoms with Crippen LogP contribution < -0.4 is 4.74 Å². The minimum atomic E-state index is -0.306. The Balaban J connectivity index is 1.81. The van der Waals surface area contributed by atoms with Crippen LogP contribution in [0.3, 0.4) is 0 Å². The molecule has 1 unspecified atom stereocenters. The Bertz CT molecular complexity index is 1160. The van der Waals surface area contributed by atoms with E-state index in [0.29, 0.717) is 46.5 Å². The number of hydrogen-bond donors (Lipinski definition) is 0. The van der Waals surface area contributed by atoms with Gasteiger partial charge in [0.05, 0.1) is 5.56 Å². The number of rotatable bonds is 1. The van der Waals surface area contributed by atoms with Crippen LogP contribution in [0.25, 0.3) is 5.65 Å². The number of halogens is 1. The number of nitrogens with zero attached hydrogens (tertiary/aromatic N) is 4. The number of carbonyl (C=O) groups excluding carboxylic acids is 1. The summed E-state index contributed by atoms with van der Waals surface area (Å²) in [6.45, 7) is 6.01. The van der Waals surface area contributed by atoms with E-state index in [2.05, 4.69) is 28.9 Å². The van der Waals surface area contributed by atoms with Gasteiger partial charge < -0.3 is 4.74 Å². The van der Waals surface area contributed by atoms with E-state index >= 15 is 0 Å². The highest BCUT2D eigenvalue weighted by molar-refractivity contribution is 6.30. The number of Topliss-reactive ketones (excluding diaryl/α,β-unsaturated/α-hetero) is 1. The Hall–Kier alpha value is -2.73. The molecule has 3 aromatic rings. The van der Waals surface area contributed by atoms with Crippen LogP contribution in [0.15, 0.2) is 41.9 Å². The zero-order valence-electron chi connectivity index (χ0n) is 15.9. The van der Waals surface area contributed by atoms with Crippen LogP contribution >= 0.6 is 11.6 Å². The van der Waals surface area contributed by atoms with Crippen LogP contribution in [0, 0.1) is 12.3 Å². The molecule has 1 aliphatic carbocycles. The predicted octanol–water partition coefficient (Wildman–Crippen LogP) is 4.25. The molecular formula is C21H19ClN4O2. The molecule has 0 radical (unpaired) electrons. The molecule has 2 aliphatic rings. The number of aromatic nitrogens is 4. The van der Waals surface area contributed by atoms with Crippen LogP contribution in [0.5, 0.6) is 5.88 Å². The fourth-order valence-electron chi connectivity index (χ4n) is 4.24. The molecule has 0 bridgehead atoms. The number of benzene rings is 1. The summed E-state index contributed by atoms with van der Waals surface area (Å²) in [5, 5.41) is 5.02. The van der Waals surface area contributed by atoms with Crippen molar-refractivity contribution in [1.29, 1.82) is 0 Å². The van der Waals surface area contributed by atoms with E-state index in [1.54, 1.807) is 10.8 Å². The average Bonchev–Trinajstić information content (AvgIpc) is 3.00. The summed E-state index contributed by atoms with van der Waals surface area (Å²) in [6.07, 6.45) is 2.78. The maximum absolute atomic E-state index is 13.2. The first-order chi connectivity index (χ1) is 13.3. The van der Waals surface area contributed by atoms with Gasteiger partial charge in [-0.3, -0.25) is 4.79 Å². The van der Waals surface area contributed by atoms with Gasteiger partial charge in [-0.25, -0.2) is 14.5 Å². The summed E-state index contributed by atoms with van der Waals surface area (Å²) in [6, 6.07) is 7.58. The molecule has 0 saturated heterocycles. The van der Waals surface area contributed by atoms with Gasteiger partial charge in [0, 0.05) is 29.4 Å². The number of aryl methyl sites for hydroxylation is 1. The average molecular weight is 395 g/mol. The van der Waals surface area contributed by atoms with E-state index < -0.39 is 0 Å². The zero-order chi connectivity index (χ0) is 19.6. The lowest BCUT2D eigenvalue weighted by molar-refractivity contribution is -0.118. The number of ketones is 1. The van der Waals surface area contributed by atoms with E-state index in [9.17, 15) is 4.79 Å². The second-order valence-corrected chi connectivity index (χ2v) is 8.69. The molecule has 0 fully saturated rings. The Morgan fingerprint density at radius 3 is 2.71 bits per heavy atom. The van der Waals surface area contributed by atoms with E-state index in [4.69, 9.17) is 16.3 Å². The maximum Gasteiger partial charge on any atom is 0.228 e. The molecule has 1 atom stereocenters. The van der Waals surface area contributed by atoms with Gasteiger partial charge in [-0.1, -0.05) is 37.6 Å². The van der Waals surface area contributed by atoms with E-state index in [-0.39, 0.29) is 17.1 Å². The number of allylic oxidation sites excluding steroid dienone is 2. The number of ether oxygens (including phenoxy) is 1. The smallest absolute Gasteiger partial charge is 0.228 e. The second kappa shape index (κ2) is 5.88. The summed E-state index contributed by atoms with van der Waals surface area (Å²) in [4.78, 5) is 22.3. The van der Waals surface area contributed by atoms with Gasteiger partial charge in [-0.15, -0.1) is 0 Å². The molecule has 0 saturated carbocycles.